The standard InChI is InChI=1S/C22H18FN3O4S2/c1-2-30-20(27)13-31-22-16(12-24)11-19(14-5-9-18(10-6-14)32(25,28)29)21(26-22)15-3-7-17(23)8-4-15/h3-11H,2,13H2,1H3,(H2,25,28,29). The van der Waals surface area contributed by atoms with E-state index in [1.165, 1.54) is 24.3 Å². The Morgan fingerprint density at radius 2 is 1.78 bits per heavy atom. The molecule has 0 bridgehead atoms. The number of aromatic nitrogens is 1. The number of nitrogens with two attached hydrogens (primary N) is 1. The lowest BCUT2D eigenvalue weighted by Gasteiger charge is -2.13. The van der Waals surface area contributed by atoms with Gasteiger partial charge in [0.2, 0.25) is 10.0 Å². The second-order valence-corrected chi connectivity index (χ2v) is 9.04. The third-order valence-corrected chi connectivity index (χ3v) is 6.25. The Balaban J connectivity index is 2.13. The topological polar surface area (TPSA) is 123 Å². The van der Waals surface area contributed by atoms with Crippen LogP contribution < -0.4 is 5.14 Å². The third-order valence-electron chi connectivity index (χ3n) is 4.35. The smallest absolute Gasteiger partial charge is 0.316 e. The van der Waals surface area contributed by atoms with Gasteiger partial charge in [-0.1, -0.05) is 23.9 Å². The largest absolute Gasteiger partial charge is 0.465 e. The Hall–Kier alpha value is -3.26. The highest BCUT2D eigenvalue weighted by Gasteiger charge is 2.18. The van der Waals surface area contributed by atoms with Crippen LogP contribution in [0.3, 0.4) is 0 Å². The number of carbonyl (C=O) groups excluding carboxylic acids is 1. The summed E-state index contributed by atoms with van der Waals surface area (Å²) in [6, 6.07) is 15.2. The van der Waals surface area contributed by atoms with Crippen molar-refractivity contribution in [2.75, 3.05) is 12.4 Å². The van der Waals surface area contributed by atoms with Gasteiger partial charge in [0.05, 0.1) is 28.5 Å². The number of nitrogens with zero attached hydrogens (tertiary/aromatic N) is 2. The van der Waals surface area contributed by atoms with Gasteiger partial charge in [-0.25, -0.2) is 22.9 Å². The van der Waals surface area contributed by atoms with Crippen molar-refractivity contribution < 1.29 is 22.3 Å². The lowest BCUT2D eigenvalue weighted by Crippen LogP contribution is -2.11. The number of hydrogen-bond donors (Lipinski definition) is 1. The van der Waals surface area contributed by atoms with Crippen molar-refractivity contribution in [2.45, 2.75) is 16.8 Å². The molecule has 3 aromatic rings. The Bertz CT molecular complexity index is 1290. The van der Waals surface area contributed by atoms with Crippen molar-refractivity contribution >= 4 is 27.8 Å². The van der Waals surface area contributed by atoms with E-state index in [0.717, 1.165) is 11.8 Å². The minimum Gasteiger partial charge on any atom is -0.465 e. The highest BCUT2D eigenvalue weighted by atomic mass is 32.2. The Labute approximate surface area is 189 Å². The molecule has 0 saturated heterocycles. The van der Waals surface area contributed by atoms with Gasteiger partial charge >= 0.3 is 5.97 Å². The van der Waals surface area contributed by atoms with Crippen molar-refractivity contribution in [3.63, 3.8) is 0 Å². The number of benzene rings is 2. The van der Waals surface area contributed by atoms with Crippen molar-refractivity contribution in [3.05, 3.63) is 66.0 Å². The summed E-state index contributed by atoms with van der Waals surface area (Å²) < 4.78 is 41.5. The minimum atomic E-state index is -3.87. The quantitative estimate of drug-likeness (QED) is 0.411. The number of esters is 1. The number of carbonyl (C=O) groups is 1. The van der Waals surface area contributed by atoms with Gasteiger partial charge in [-0.3, -0.25) is 4.79 Å². The van der Waals surface area contributed by atoms with Crippen LogP contribution in [0.4, 0.5) is 4.39 Å². The molecule has 0 fully saturated rings. The Morgan fingerprint density at radius 1 is 1.16 bits per heavy atom. The van der Waals surface area contributed by atoms with Crippen LogP contribution in [0, 0.1) is 17.1 Å². The van der Waals surface area contributed by atoms with Gasteiger partial charge in [0, 0.05) is 11.1 Å². The Morgan fingerprint density at radius 3 is 2.34 bits per heavy atom. The summed E-state index contributed by atoms with van der Waals surface area (Å²) in [5, 5.41) is 15.1. The number of thioether (sulfide) groups is 1. The molecule has 0 unspecified atom stereocenters. The summed E-state index contributed by atoms with van der Waals surface area (Å²) in [6.07, 6.45) is 0. The number of halogens is 1. The average molecular weight is 472 g/mol. The van der Waals surface area contributed by atoms with Crippen molar-refractivity contribution in [1.29, 1.82) is 5.26 Å². The highest BCUT2D eigenvalue weighted by Crippen LogP contribution is 2.35. The van der Waals surface area contributed by atoms with Crippen LogP contribution in [0.1, 0.15) is 12.5 Å². The summed E-state index contributed by atoms with van der Waals surface area (Å²) >= 11 is 1.06. The first kappa shape index (κ1) is 23.4. The predicted molar refractivity (Wildman–Crippen MR) is 119 cm³/mol. The summed E-state index contributed by atoms with van der Waals surface area (Å²) in [5.74, 6) is -0.881. The zero-order valence-electron chi connectivity index (χ0n) is 16.9. The molecular weight excluding hydrogens is 453 g/mol. The van der Waals surface area contributed by atoms with E-state index in [-0.39, 0.29) is 22.8 Å². The maximum Gasteiger partial charge on any atom is 0.316 e. The number of nitriles is 1. The molecule has 1 heterocycles. The molecule has 0 aliphatic rings. The van der Waals surface area contributed by atoms with E-state index in [1.54, 1.807) is 37.3 Å². The fraction of sp³-hybridized carbons (Fsp3) is 0.136. The van der Waals surface area contributed by atoms with Gasteiger partial charge < -0.3 is 4.74 Å². The number of primary sulfonamides is 1. The number of ether oxygens (including phenoxy) is 1. The van der Waals surface area contributed by atoms with E-state index in [2.05, 4.69) is 11.1 Å². The lowest BCUT2D eigenvalue weighted by molar-refractivity contribution is -0.139. The second kappa shape index (κ2) is 9.91. The van der Waals surface area contributed by atoms with Crippen molar-refractivity contribution in [1.82, 2.24) is 4.98 Å². The fourth-order valence-corrected chi connectivity index (χ4v) is 4.16. The molecule has 0 spiro atoms. The fourth-order valence-electron chi connectivity index (χ4n) is 2.89. The first-order valence-electron chi connectivity index (χ1n) is 9.35. The minimum absolute atomic E-state index is 0.0270. The van der Waals surface area contributed by atoms with Crippen LogP contribution in [-0.2, 0) is 19.6 Å². The van der Waals surface area contributed by atoms with Gasteiger partial charge in [0.1, 0.15) is 16.9 Å². The molecule has 1 aromatic heterocycles. The van der Waals surface area contributed by atoms with E-state index in [9.17, 15) is 22.9 Å². The third kappa shape index (κ3) is 5.50. The molecular formula is C22H18FN3O4S2. The summed E-state index contributed by atoms with van der Waals surface area (Å²) in [5.41, 5.74) is 2.38. The maximum absolute atomic E-state index is 13.5. The van der Waals surface area contributed by atoms with E-state index in [1.807, 2.05) is 0 Å². The normalized spacial score (nSPS) is 11.1. The average Bonchev–Trinajstić information content (AvgIpc) is 2.77. The van der Waals surface area contributed by atoms with Crippen molar-refractivity contribution in [2.24, 2.45) is 5.14 Å². The van der Waals surface area contributed by atoms with Crippen LogP contribution in [0.5, 0.6) is 0 Å². The number of hydrogen-bond acceptors (Lipinski definition) is 7. The lowest BCUT2D eigenvalue weighted by atomic mass is 9.98. The maximum atomic E-state index is 13.5. The number of rotatable bonds is 7. The molecule has 0 radical (unpaired) electrons. The molecule has 0 atom stereocenters. The van der Waals surface area contributed by atoms with Gasteiger partial charge in [0.15, 0.2) is 0 Å². The number of pyridine rings is 1. The Kier molecular flexibility index (Phi) is 7.25. The molecule has 7 nitrogen and oxygen atoms in total. The predicted octanol–water partition coefficient (Wildman–Crippen LogP) is 3.73. The van der Waals surface area contributed by atoms with Crippen LogP contribution in [0.2, 0.25) is 0 Å². The first-order chi connectivity index (χ1) is 15.2. The number of sulfonamides is 1. The molecule has 32 heavy (non-hydrogen) atoms. The van der Waals surface area contributed by atoms with E-state index < -0.39 is 21.8 Å². The summed E-state index contributed by atoms with van der Waals surface area (Å²) in [7, 11) is -3.87. The summed E-state index contributed by atoms with van der Waals surface area (Å²) in [6.45, 7) is 1.94. The molecule has 2 aromatic carbocycles. The zero-order chi connectivity index (χ0) is 23.3. The van der Waals surface area contributed by atoms with Gasteiger partial charge in [-0.15, -0.1) is 0 Å². The van der Waals surface area contributed by atoms with E-state index in [0.29, 0.717) is 27.4 Å². The van der Waals surface area contributed by atoms with Crippen LogP contribution >= 0.6 is 11.8 Å². The molecule has 0 amide bonds. The van der Waals surface area contributed by atoms with E-state index in [4.69, 9.17) is 9.88 Å². The molecule has 0 saturated carbocycles. The molecule has 3 rings (SSSR count). The van der Waals surface area contributed by atoms with Crippen LogP contribution in [0.15, 0.2) is 64.5 Å². The zero-order valence-corrected chi connectivity index (χ0v) is 18.5. The first-order valence-corrected chi connectivity index (χ1v) is 11.9. The van der Waals surface area contributed by atoms with Gasteiger partial charge in [0.25, 0.3) is 0 Å². The van der Waals surface area contributed by atoms with Crippen molar-refractivity contribution in [3.8, 4) is 28.5 Å². The van der Waals surface area contributed by atoms with Gasteiger partial charge in [-0.05, 0) is 55.0 Å². The van der Waals surface area contributed by atoms with Crippen LogP contribution in [0.25, 0.3) is 22.4 Å². The second-order valence-electron chi connectivity index (χ2n) is 6.52. The van der Waals surface area contributed by atoms with Gasteiger partial charge in [-0.2, -0.15) is 5.26 Å². The van der Waals surface area contributed by atoms with E-state index >= 15 is 0 Å². The molecule has 0 aliphatic carbocycles. The molecule has 2 N–H and O–H groups in total. The van der Waals surface area contributed by atoms with Crippen LogP contribution in [-0.4, -0.2) is 31.7 Å². The SMILES string of the molecule is CCOC(=O)CSc1nc(-c2ccc(F)cc2)c(-c2ccc(S(N)(=O)=O)cc2)cc1C#N. The molecule has 0 aliphatic heterocycles. The highest BCUT2D eigenvalue weighted by molar-refractivity contribution is 7.99. The summed E-state index contributed by atoms with van der Waals surface area (Å²) in [4.78, 5) is 16.3. The monoisotopic (exact) mass is 471 g/mol. The molecule has 164 valence electrons. The molecule has 10 heteroatoms.